The first-order valence-corrected chi connectivity index (χ1v) is 7.07. The lowest BCUT2D eigenvalue weighted by atomic mass is 10.2. The van der Waals surface area contributed by atoms with Crippen LogP contribution in [0.1, 0.15) is 12.0 Å². The monoisotopic (exact) mass is 312 g/mol. The number of hydrogen-bond donors (Lipinski definition) is 2. The highest BCUT2D eigenvalue weighted by atomic mass is 35.5. The summed E-state index contributed by atoms with van der Waals surface area (Å²) in [6, 6.07) is 1.35. The summed E-state index contributed by atoms with van der Waals surface area (Å²) in [5.74, 6) is -1.83. The van der Waals surface area contributed by atoms with Crippen molar-refractivity contribution in [2.45, 2.75) is 24.3 Å². The molecule has 0 radical (unpaired) electrons. The topological polar surface area (TPSA) is 58.2 Å². The molecule has 2 N–H and O–H groups in total. The molecule has 0 amide bonds. The molecule has 0 saturated carbocycles. The molecule has 0 spiro atoms. The fourth-order valence-electron chi connectivity index (χ4n) is 1.87. The minimum absolute atomic E-state index is 0. The van der Waals surface area contributed by atoms with Crippen LogP contribution in [0.5, 0.6) is 0 Å². The highest BCUT2D eigenvalue weighted by molar-refractivity contribution is 7.89. The number of hydrogen-bond acceptors (Lipinski definition) is 3. The van der Waals surface area contributed by atoms with Gasteiger partial charge in [-0.15, -0.1) is 12.4 Å². The molecule has 2 rings (SSSR count). The van der Waals surface area contributed by atoms with Gasteiger partial charge >= 0.3 is 0 Å². The summed E-state index contributed by atoms with van der Waals surface area (Å²) >= 11 is 0. The second-order valence-corrected chi connectivity index (χ2v) is 6.03. The molecule has 0 aliphatic carbocycles. The predicted octanol–water partition coefficient (Wildman–Crippen LogP) is 1.34. The van der Waals surface area contributed by atoms with Crippen LogP contribution in [0, 0.1) is 18.6 Å². The maximum Gasteiger partial charge on any atom is 0.243 e. The fraction of sp³-hybridized carbons (Fsp3) is 0.455. The largest absolute Gasteiger partial charge is 0.315 e. The number of benzene rings is 1. The number of rotatable bonds is 3. The van der Waals surface area contributed by atoms with E-state index in [0.717, 1.165) is 12.6 Å². The van der Waals surface area contributed by atoms with E-state index in [1.165, 1.54) is 6.92 Å². The number of halogens is 3. The van der Waals surface area contributed by atoms with Gasteiger partial charge in [0.15, 0.2) is 0 Å². The highest BCUT2D eigenvalue weighted by Gasteiger charge is 2.25. The van der Waals surface area contributed by atoms with E-state index in [1.54, 1.807) is 0 Å². The molecule has 108 valence electrons. The van der Waals surface area contributed by atoms with Crippen LogP contribution in [0.2, 0.25) is 0 Å². The molecule has 1 aromatic rings. The van der Waals surface area contributed by atoms with E-state index < -0.39 is 26.6 Å². The van der Waals surface area contributed by atoms with Gasteiger partial charge in [-0.3, -0.25) is 0 Å². The normalized spacial score (nSPS) is 19.2. The van der Waals surface area contributed by atoms with Crippen molar-refractivity contribution in [1.82, 2.24) is 10.0 Å². The first kappa shape index (κ1) is 16.3. The molecule has 1 fully saturated rings. The van der Waals surface area contributed by atoms with Crippen LogP contribution in [0.4, 0.5) is 8.78 Å². The summed E-state index contributed by atoms with van der Waals surface area (Å²) in [5.41, 5.74) is 0.0984. The molecule has 1 aliphatic heterocycles. The van der Waals surface area contributed by atoms with Gasteiger partial charge in [0.25, 0.3) is 0 Å². The van der Waals surface area contributed by atoms with Gasteiger partial charge in [-0.25, -0.2) is 21.9 Å². The zero-order valence-corrected chi connectivity index (χ0v) is 11.9. The van der Waals surface area contributed by atoms with Crippen LogP contribution in [0.15, 0.2) is 17.0 Å². The molecule has 0 aromatic heterocycles. The summed E-state index contributed by atoms with van der Waals surface area (Å²) in [5, 5.41) is 3.00. The molecule has 1 unspecified atom stereocenters. The quantitative estimate of drug-likeness (QED) is 0.885. The Morgan fingerprint density at radius 2 is 2.00 bits per heavy atom. The fourth-order valence-corrected chi connectivity index (χ4v) is 3.29. The van der Waals surface area contributed by atoms with E-state index in [1.807, 2.05) is 0 Å². The van der Waals surface area contributed by atoms with E-state index in [-0.39, 0.29) is 24.0 Å². The van der Waals surface area contributed by atoms with Gasteiger partial charge in [0.1, 0.15) is 16.5 Å². The van der Waals surface area contributed by atoms with E-state index in [4.69, 9.17) is 0 Å². The van der Waals surface area contributed by atoms with Crippen molar-refractivity contribution in [3.05, 3.63) is 29.3 Å². The summed E-state index contributed by atoms with van der Waals surface area (Å²) in [7, 11) is -3.95. The van der Waals surface area contributed by atoms with Gasteiger partial charge < -0.3 is 5.32 Å². The Labute approximate surface area is 117 Å². The Morgan fingerprint density at radius 3 is 2.58 bits per heavy atom. The molecule has 0 bridgehead atoms. The van der Waals surface area contributed by atoms with Crippen molar-refractivity contribution in [1.29, 1.82) is 0 Å². The molecule has 1 heterocycles. The molecule has 1 atom stereocenters. The van der Waals surface area contributed by atoms with Crippen LogP contribution in [0.3, 0.4) is 0 Å². The van der Waals surface area contributed by atoms with Crippen LogP contribution in [-0.2, 0) is 10.0 Å². The molecular formula is C11H15ClF2N2O2S. The molecule has 1 aromatic carbocycles. The molecule has 4 nitrogen and oxygen atoms in total. The van der Waals surface area contributed by atoms with Crippen molar-refractivity contribution in [2.75, 3.05) is 13.1 Å². The summed E-state index contributed by atoms with van der Waals surface area (Å²) in [6.45, 7) is 2.63. The van der Waals surface area contributed by atoms with Gasteiger partial charge in [-0.1, -0.05) is 0 Å². The Bertz CT molecular complexity index is 560. The molecule has 19 heavy (non-hydrogen) atoms. The van der Waals surface area contributed by atoms with E-state index in [9.17, 15) is 17.2 Å². The van der Waals surface area contributed by atoms with Crippen molar-refractivity contribution in [3.8, 4) is 0 Å². The Hall–Kier alpha value is -0.760. The second kappa shape index (κ2) is 6.13. The average Bonchev–Trinajstić information content (AvgIpc) is 2.75. The second-order valence-electron chi connectivity index (χ2n) is 4.34. The number of nitrogens with one attached hydrogen (secondary N) is 2. The van der Waals surface area contributed by atoms with Crippen molar-refractivity contribution < 1.29 is 17.2 Å². The van der Waals surface area contributed by atoms with Crippen LogP contribution in [-0.4, -0.2) is 27.5 Å². The van der Waals surface area contributed by atoms with E-state index >= 15 is 0 Å². The Kier molecular flexibility index (Phi) is 5.26. The first-order valence-electron chi connectivity index (χ1n) is 5.59. The van der Waals surface area contributed by atoms with Crippen molar-refractivity contribution >= 4 is 22.4 Å². The SMILES string of the molecule is Cc1cc(S(=O)(=O)NC2CCNC2)c(F)cc1F.Cl. The van der Waals surface area contributed by atoms with E-state index in [2.05, 4.69) is 10.0 Å². The molecule has 1 aliphatic rings. The zero-order chi connectivity index (χ0) is 13.3. The molecule has 8 heteroatoms. The summed E-state index contributed by atoms with van der Waals surface area (Å²) in [4.78, 5) is -0.506. The minimum Gasteiger partial charge on any atom is -0.315 e. The first-order chi connectivity index (χ1) is 8.40. The predicted molar refractivity (Wildman–Crippen MR) is 69.9 cm³/mol. The van der Waals surface area contributed by atoms with Gasteiger partial charge in [0, 0.05) is 18.7 Å². The average molecular weight is 313 g/mol. The zero-order valence-electron chi connectivity index (χ0n) is 10.2. The highest BCUT2D eigenvalue weighted by Crippen LogP contribution is 2.19. The number of aryl methyl sites for hydroxylation is 1. The Balaban J connectivity index is 0.00000180. The van der Waals surface area contributed by atoms with Gasteiger partial charge in [-0.2, -0.15) is 0 Å². The van der Waals surface area contributed by atoms with E-state index in [0.29, 0.717) is 19.0 Å². The van der Waals surface area contributed by atoms with Crippen LogP contribution in [0.25, 0.3) is 0 Å². The molecular weight excluding hydrogens is 298 g/mol. The summed E-state index contributed by atoms with van der Waals surface area (Å²) < 4.78 is 53.0. The maximum absolute atomic E-state index is 13.5. The van der Waals surface area contributed by atoms with Gasteiger partial charge in [0.2, 0.25) is 10.0 Å². The third-order valence-electron chi connectivity index (χ3n) is 2.88. The van der Waals surface area contributed by atoms with Gasteiger partial charge in [-0.05, 0) is 31.5 Å². The van der Waals surface area contributed by atoms with Crippen molar-refractivity contribution in [2.24, 2.45) is 0 Å². The minimum atomic E-state index is -3.95. The maximum atomic E-state index is 13.5. The third kappa shape index (κ3) is 3.62. The lowest BCUT2D eigenvalue weighted by molar-refractivity contribution is 0.531. The number of sulfonamides is 1. The third-order valence-corrected chi connectivity index (χ3v) is 4.42. The van der Waals surface area contributed by atoms with Crippen LogP contribution < -0.4 is 10.0 Å². The lowest BCUT2D eigenvalue weighted by Gasteiger charge is -2.13. The smallest absolute Gasteiger partial charge is 0.243 e. The molecule has 1 saturated heterocycles. The van der Waals surface area contributed by atoms with Crippen molar-refractivity contribution in [3.63, 3.8) is 0 Å². The standard InChI is InChI=1S/C11H14F2N2O2S.ClH/c1-7-4-11(10(13)5-9(7)12)18(16,17)15-8-2-3-14-6-8;/h4-5,8,14-15H,2-3,6H2,1H3;1H. The Morgan fingerprint density at radius 1 is 1.32 bits per heavy atom. The van der Waals surface area contributed by atoms with Gasteiger partial charge in [0.05, 0.1) is 0 Å². The summed E-state index contributed by atoms with van der Waals surface area (Å²) in [6.07, 6.45) is 0.654. The van der Waals surface area contributed by atoms with Crippen LogP contribution >= 0.6 is 12.4 Å². The lowest BCUT2D eigenvalue weighted by Crippen LogP contribution is -2.36.